The molecule has 1 aromatic carbocycles. The van der Waals surface area contributed by atoms with Crippen LogP contribution < -0.4 is 5.32 Å². The molecule has 1 heterocycles. The zero-order chi connectivity index (χ0) is 13.1. The van der Waals surface area contributed by atoms with Crippen molar-refractivity contribution in [1.82, 2.24) is 10.2 Å². The van der Waals surface area contributed by atoms with E-state index in [0.29, 0.717) is 12.1 Å². The van der Waals surface area contributed by atoms with E-state index in [9.17, 15) is 9.50 Å². The summed E-state index contributed by atoms with van der Waals surface area (Å²) in [6, 6.07) is 7.15. The summed E-state index contributed by atoms with van der Waals surface area (Å²) in [6.07, 6.45) is 0. The van der Waals surface area contributed by atoms with Crippen molar-refractivity contribution in [2.24, 2.45) is 0 Å². The quantitative estimate of drug-likeness (QED) is 0.856. The van der Waals surface area contributed by atoms with E-state index in [1.807, 2.05) is 0 Å². The largest absolute Gasteiger partial charge is 0.394 e. The molecule has 0 amide bonds. The van der Waals surface area contributed by atoms with Crippen LogP contribution in [0.4, 0.5) is 4.39 Å². The van der Waals surface area contributed by atoms with Crippen LogP contribution >= 0.6 is 0 Å². The highest BCUT2D eigenvalue weighted by Gasteiger charge is 2.29. The molecule has 2 N–H and O–H groups in total. The Hall–Kier alpha value is -0.970. The highest BCUT2D eigenvalue weighted by molar-refractivity contribution is 5.20. The van der Waals surface area contributed by atoms with Crippen molar-refractivity contribution in [3.63, 3.8) is 0 Å². The topological polar surface area (TPSA) is 35.5 Å². The molecule has 1 aromatic rings. The minimum absolute atomic E-state index is 0.0508. The van der Waals surface area contributed by atoms with Crippen LogP contribution in [0.5, 0.6) is 0 Å². The van der Waals surface area contributed by atoms with Gasteiger partial charge < -0.3 is 10.4 Å². The first-order chi connectivity index (χ1) is 8.61. The minimum Gasteiger partial charge on any atom is -0.394 e. The molecule has 0 radical (unpaired) electrons. The predicted molar refractivity (Wildman–Crippen MR) is 69.9 cm³/mol. The van der Waals surface area contributed by atoms with Crippen molar-refractivity contribution in [3.8, 4) is 0 Å². The smallest absolute Gasteiger partial charge is 0.123 e. The third-order valence-corrected chi connectivity index (χ3v) is 3.64. The summed E-state index contributed by atoms with van der Waals surface area (Å²) in [5.41, 5.74) is 0.972. The van der Waals surface area contributed by atoms with Gasteiger partial charge in [-0.25, -0.2) is 4.39 Å². The van der Waals surface area contributed by atoms with Crippen molar-refractivity contribution in [3.05, 3.63) is 35.6 Å². The molecular weight excluding hydrogens is 231 g/mol. The van der Waals surface area contributed by atoms with E-state index in [0.717, 1.165) is 18.7 Å². The minimum atomic E-state index is -0.239. The van der Waals surface area contributed by atoms with Crippen LogP contribution in [0.3, 0.4) is 0 Å². The van der Waals surface area contributed by atoms with Crippen LogP contribution in [0.25, 0.3) is 0 Å². The molecule has 18 heavy (non-hydrogen) atoms. The van der Waals surface area contributed by atoms with Crippen molar-refractivity contribution in [1.29, 1.82) is 0 Å². The Kier molecular flexibility index (Phi) is 4.32. The van der Waals surface area contributed by atoms with Gasteiger partial charge in [-0.2, -0.15) is 0 Å². The summed E-state index contributed by atoms with van der Waals surface area (Å²) >= 11 is 0. The Labute approximate surface area is 108 Å². The standard InChI is InChI=1S/C14H21FN2O/c1-10-8-17(11(2)7-16-10)14(9-18)12-3-5-13(15)6-4-12/h3-6,10-11,14,16,18H,7-9H2,1-2H3/t10-,11+,14?/m0/s1. The molecule has 100 valence electrons. The summed E-state index contributed by atoms with van der Waals surface area (Å²) in [5, 5.41) is 13.1. The number of hydrogen-bond acceptors (Lipinski definition) is 3. The molecule has 0 spiro atoms. The Balaban J connectivity index is 2.19. The van der Waals surface area contributed by atoms with Gasteiger partial charge in [0.15, 0.2) is 0 Å². The molecule has 1 aliphatic heterocycles. The Morgan fingerprint density at radius 2 is 2.06 bits per heavy atom. The molecule has 1 fully saturated rings. The fourth-order valence-corrected chi connectivity index (χ4v) is 2.57. The maximum absolute atomic E-state index is 12.9. The Morgan fingerprint density at radius 3 is 2.67 bits per heavy atom. The van der Waals surface area contributed by atoms with Crippen LogP contribution in [0.1, 0.15) is 25.5 Å². The molecule has 3 nitrogen and oxygen atoms in total. The SMILES string of the molecule is C[C@@H]1CN[C@@H](C)CN1C(CO)c1ccc(F)cc1. The van der Waals surface area contributed by atoms with Gasteiger partial charge in [0.25, 0.3) is 0 Å². The molecule has 3 atom stereocenters. The molecular formula is C14H21FN2O. The second-order valence-electron chi connectivity index (χ2n) is 5.11. The second kappa shape index (κ2) is 5.78. The van der Waals surface area contributed by atoms with E-state index in [4.69, 9.17) is 0 Å². The van der Waals surface area contributed by atoms with E-state index in [2.05, 4.69) is 24.1 Å². The average Bonchev–Trinajstić information content (AvgIpc) is 2.37. The highest BCUT2D eigenvalue weighted by Crippen LogP contribution is 2.24. The van der Waals surface area contributed by atoms with Crippen molar-refractivity contribution < 1.29 is 9.50 Å². The number of hydrogen-bond donors (Lipinski definition) is 2. The molecule has 0 aromatic heterocycles. The fraction of sp³-hybridized carbons (Fsp3) is 0.571. The number of aliphatic hydroxyl groups excluding tert-OH is 1. The lowest BCUT2D eigenvalue weighted by molar-refractivity contribution is 0.0577. The van der Waals surface area contributed by atoms with Crippen molar-refractivity contribution in [2.45, 2.75) is 32.0 Å². The zero-order valence-corrected chi connectivity index (χ0v) is 10.9. The van der Waals surface area contributed by atoms with E-state index < -0.39 is 0 Å². The summed E-state index contributed by atoms with van der Waals surface area (Å²) in [7, 11) is 0. The number of aliphatic hydroxyl groups is 1. The third kappa shape index (κ3) is 2.88. The molecule has 0 saturated carbocycles. The Morgan fingerprint density at radius 1 is 1.39 bits per heavy atom. The average molecular weight is 252 g/mol. The van der Waals surface area contributed by atoms with E-state index >= 15 is 0 Å². The molecule has 0 bridgehead atoms. The lowest BCUT2D eigenvalue weighted by Gasteiger charge is -2.42. The molecule has 4 heteroatoms. The number of nitrogens with one attached hydrogen (secondary N) is 1. The van der Waals surface area contributed by atoms with Crippen LogP contribution in [0, 0.1) is 5.82 Å². The summed E-state index contributed by atoms with van der Waals surface area (Å²) < 4.78 is 12.9. The van der Waals surface area contributed by atoms with Crippen LogP contribution in [0.15, 0.2) is 24.3 Å². The Bertz CT molecular complexity index is 382. The van der Waals surface area contributed by atoms with E-state index in [1.54, 1.807) is 12.1 Å². The van der Waals surface area contributed by atoms with Crippen LogP contribution in [-0.2, 0) is 0 Å². The molecule has 1 unspecified atom stereocenters. The molecule has 1 saturated heterocycles. The van der Waals surface area contributed by atoms with Gasteiger partial charge in [0, 0.05) is 25.2 Å². The molecule has 1 aliphatic rings. The maximum Gasteiger partial charge on any atom is 0.123 e. The highest BCUT2D eigenvalue weighted by atomic mass is 19.1. The van der Waals surface area contributed by atoms with Crippen LogP contribution in [0.2, 0.25) is 0 Å². The summed E-state index contributed by atoms with van der Waals surface area (Å²) in [4.78, 5) is 2.29. The summed E-state index contributed by atoms with van der Waals surface area (Å²) in [6.45, 7) is 6.15. The lowest BCUT2D eigenvalue weighted by Crippen LogP contribution is -2.55. The second-order valence-corrected chi connectivity index (χ2v) is 5.11. The van der Waals surface area contributed by atoms with Gasteiger partial charge in [-0.05, 0) is 31.5 Å². The number of nitrogens with zero attached hydrogens (tertiary/aromatic N) is 1. The maximum atomic E-state index is 12.9. The van der Waals surface area contributed by atoms with Gasteiger partial charge in [-0.1, -0.05) is 12.1 Å². The third-order valence-electron chi connectivity index (χ3n) is 3.64. The van der Waals surface area contributed by atoms with Gasteiger partial charge in [0.05, 0.1) is 12.6 Å². The van der Waals surface area contributed by atoms with Crippen molar-refractivity contribution >= 4 is 0 Å². The van der Waals surface area contributed by atoms with E-state index in [1.165, 1.54) is 12.1 Å². The van der Waals surface area contributed by atoms with Gasteiger partial charge in [-0.3, -0.25) is 4.90 Å². The monoisotopic (exact) mass is 252 g/mol. The fourth-order valence-electron chi connectivity index (χ4n) is 2.57. The van der Waals surface area contributed by atoms with E-state index in [-0.39, 0.29) is 18.5 Å². The summed E-state index contributed by atoms with van der Waals surface area (Å²) in [5.74, 6) is -0.239. The first-order valence-corrected chi connectivity index (χ1v) is 6.47. The van der Waals surface area contributed by atoms with Gasteiger partial charge in [0.1, 0.15) is 5.82 Å². The first kappa shape index (κ1) is 13.5. The number of rotatable bonds is 3. The van der Waals surface area contributed by atoms with Gasteiger partial charge in [0.2, 0.25) is 0 Å². The molecule has 2 rings (SSSR count). The first-order valence-electron chi connectivity index (χ1n) is 6.47. The lowest BCUT2D eigenvalue weighted by atomic mass is 10.0. The van der Waals surface area contributed by atoms with Crippen molar-refractivity contribution in [2.75, 3.05) is 19.7 Å². The molecule has 0 aliphatic carbocycles. The number of halogens is 1. The number of benzene rings is 1. The zero-order valence-electron chi connectivity index (χ0n) is 10.9. The van der Waals surface area contributed by atoms with Gasteiger partial charge >= 0.3 is 0 Å². The number of piperazine rings is 1. The van der Waals surface area contributed by atoms with Crippen LogP contribution in [-0.4, -0.2) is 41.8 Å². The normalized spacial score (nSPS) is 27.1. The van der Waals surface area contributed by atoms with Gasteiger partial charge in [-0.15, -0.1) is 0 Å². The predicted octanol–water partition coefficient (Wildman–Crippen LogP) is 1.54.